The Morgan fingerprint density at radius 3 is 2.43 bits per heavy atom. The van der Waals surface area contributed by atoms with Gasteiger partial charge in [0.05, 0.1) is 6.61 Å². The molecule has 0 heterocycles. The van der Waals surface area contributed by atoms with E-state index < -0.39 is 6.10 Å². The number of anilines is 1. The van der Waals surface area contributed by atoms with Gasteiger partial charge in [-0.05, 0) is 49.2 Å². The maximum absolute atomic E-state index is 10.2. The summed E-state index contributed by atoms with van der Waals surface area (Å²) in [6.45, 7) is 5.24. The second kappa shape index (κ2) is 8.56. The summed E-state index contributed by atoms with van der Waals surface area (Å²) in [5.41, 5.74) is 3.37. The second-order valence-corrected chi connectivity index (χ2v) is 5.72. The molecule has 4 nitrogen and oxygen atoms in total. The molecule has 0 spiro atoms. The van der Waals surface area contributed by atoms with Crippen LogP contribution < -0.4 is 9.64 Å². The Hall–Kier alpha value is -2.04. The van der Waals surface area contributed by atoms with Crippen LogP contribution in [-0.4, -0.2) is 42.6 Å². The van der Waals surface area contributed by atoms with Crippen LogP contribution in [0.3, 0.4) is 0 Å². The Labute approximate surface area is 138 Å². The zero-order chi connectivity index (χ0) is 16.7. The van der Waals surface area contributed by atoms with E-state index in [0.717, 1.165) is 11.4 Å². The molecule has 1 unspecified atom stereocenters. The molecule has 2 rings (SSSR count). The fraction of sp³-hybridized carbons (Fsp3) is 0.368. The highest BCUT2D eigenvalue weighted by atomic mass is 16.5. The van der Waals surface area contributed by atoms with Crippen LogP contribution in [0.4, 0.5) is 5.69 Å². The average molecular weight is 315 g/mol. The summed E-state index contributed by atoms with van der Waals surface area (Å²) in [6, 6.07) is 15.7. The van der Waals surface area contributed by atoms with E-state index in [1.54, 1.807) is 0 Å². The quantitative estimate of drug-likeness (QED) is 0.786. The number of hydrogen-bond acceptors (Lipinski definition) is 4. The highest BCUT2D eigenvalue weighted by Crippen LogP contribution is 2.17. The molecular formula is C19H25NO3. The summed E-state index contributed by atoms with van der Waals surface area (Å²) < 4.78 is 5.68. The molecule has 2 aromatic carbocycles. The van der Waals surface area contributed by atoms with Crippen LogP contribution in [-0.2, 0) is 0 Å². The number of nitrogens with zero attached hydrogens (tertiary/aromatic N) is 1. The van der Waals surface area contributed by atoms with Crippen molar-refractivity contribution in [3.8, 4) is 5.75 Å². The highest BCUT2D eigenvalue weighted by molar-refractivity contribution is 5.46. The molecule has 0 aliphatic rings. The molecular weight excluding hydrogens is 290 g/mol. The molecule has 0 saturated carbocycles. The van der Waals surface area contributed by atoms with E-state index in [0.29, 0.717) is 13.1 Å². The maximum Gasteiger partial charge on any atom is 0.119 e. The van der Waals surface area contributed by atoms with Crippen LogP contribution in [0.2, 0.25) is 0 Å². The number of benzene rings is 2. The van der Waals surface area contributed by atoms with E-state index in [9.17, 15) is 10.2 Å². The topological polar surface area (TPSA) is 52.9 Å². The number of aliphatic hydroxyl groups is 2. The summed E-state index contributed by atoms with van der Waals surface area (Å²) >= 11 is 0. The van der Waals surface area contributed by atoms with Crippen molar-refractivity contribution < 1.29 is 14.9 Å². The normalized spacial score (nSPS) is 12.0. The van der Waals surface area contributed by atoms with E-state index in [2.05, 4.69) is 6.92 Å². The first-order valence-corrected chi connectivity index (χ1v) is 7.89. The maximum atomic E-state index is 10.2. The number of para-hydroxylation sites is 1. The van der Waals surface area contributed by atoms with E-state index in [-0.39, 0.29) is 13.2 Å². The lowest BCUT2D eigenvalue weighted by atomic mass is 10.1. The lowest BCUT2D eigenvalue weighted by Crippen LogP contribution is -2.37. The Morgan fingerprint density at radius 2 is 1.78 bits per heavy atom. The fourth-order valence-corrected chi connectivity index (χ4v) is 2.39. The minimum atomic E-state index is -0.636. The molecule has 0 fully saturated rings. The van der Waals surface area contributed by atoms with Gasteiger partial charge in [-0.1, -0.05) is 24.3 Å². The second-order valence-electron chi connectivity index (χ2n) is 5.72. The summed E-state index contributed by atoms with van der Waals surface area (Å²) in [6.07, 6.45) is -0.636. The van der Waals surface area contributed by atoms with Crippen molar-refractivity contribution in [2.45, 2.75) is 20.0 Å². The fourth-order valence-electron chi connectivity index (χ4n) is 2.39. The molecule has 124 valence electrons. The number of aliphatic hydroxyl groups excluding tert-OH is 2. The van der Waals surface area contributed by atoms with Gasteiger partial charge in [-0.2, -0.15) is 0 Å². The van der Waals surface area contributed by atoms with Crippen LogP contribution in [0.1, 0.15) is 11.1 Å². The molecule has 23 heavy (non-hydrogen) atoms. The minimum absolute atomic E-state index is 0.0413. The summed E-state index contributed by atoms with van der Waals surface area (Å²) in [5, 5.41) is 19.5. The van der Waals surface area contributed by atoms with Crippen molar-refractivity contribution in [1.29, 1.82) is 0 Å². The zero-order valence-corrected chi connectivity index (χ0v) is 13.8. The van der Waals surface area contributed by atoms with Crippen LogP contribution in [0.5, 0.6) is 5.75 Å². The highest BCUT2D eigenvalue weighted by Gasteiger charge is 2.13. The Morgan fingerprint density at radius 1 is 1.04 bits per heavy atom. The smallest absolute Gasteiger partial charge is 0.119 e. The molecule has 1 atom stereocenters. The van der Waals surface area contributed by atoms with E-state index in [1.165, 1.54) is 11.1 Å². The van der Waals surface area contributed by atoms with Crippen molar-refractivity contribution >= 4 is 5.69 Å². The molecule has 2 N–H and O–H groups in total. The first-order valence-electron chi connectivity index (χ1n) is 7.89. The zero-order valence-electron chi connectivity index (χ0n) is 13.8. The number of hydrogen-bond donors (Lipinski definition) is 2. The van der Waals surface area contributed by atoms with Gasteiger partial charge in [0.15, 0.2) is 0 Å². The number of aryl methyl sites for hydroxylation is 2. The van der Waals surface area contributed by atoms with E-state index in [4.69, 9.17) is 4.74 Å². The molecule has 0 aliphatic carbocycles. The van der Waals surface area contributed by atoms with Crippen molar-refractivity contribution in [2.75, 3.05) is 31.2 Å². The third kappa shape index (κ3) is 5.27. The summed E-state index contributed by atoms with van der Waals surface area (Å²) in [4.78, 5) is 1.95. The van der Waals surface area contributed by atoms with Gasteiger partial charge >= 0.3 is 0 Å². The van der Waals surface area contributed by atoms with Crippen LogP contribution in [0, 0.1) is 13.8 Å². The van der Waals surface area contributed by atoms with Crippen molar-refractivity contribution in [2.24, 2.45) is 0 Å². The van der Waals surface area contributed by atoms with Crippen LogP contribution in [0.25, 0.3) is 0 Å². The molecule has 2 aromatic rings. The lowest BCUT2D eigenvalue weighted by molar-refractivity contribution is 0.111. The third-order valence-corrected chi connectivity index (χ3v) is 3.84. The van der Waals surface area contributed by atoms with E-state index in [1.807, 2.05) is 60.4 Å². The number of ether oxygens (including phenoxy) is 1. The molecule has 0 bridgehead atoms. The first kappa shape index (κ1) is 17.3. The summed E-state index contributed by atoms with van der Waals surface area (Å²) in [7, 11) is 0. The molecule has 0 radical (unpaired) electrons. The monoisotopic (exact) mass is 315 g/mol. The third-order valence-electron chi connectivity index (χ3n) is 3.84. The first-order chi connectivity index (χ1) is 11.1. The van der Waals surface area contributed by atoms with Gasteiger partial charge in [-0.25, -0.2) is 0 Å². The van der Waals surface area contributed by atoms with Crippen LogP contribution >= 0.6 is 0 Å². The van der Waals surface area contributed by atoms with Crippen molar-refractivity contribution in [3.05, 3.63) is 59.7 Å². The Balaban J connectivity index is 1.91. The lowest BCUT2D eigenvalue weighted by Gasteiger charge is -2.26. The number of rotatable bonds is 8. The molecule has 4 heteroatoms. The standard InChI is InChI=1S/C19H25NO3/c1-15-8-9-19(12-16(15)2)23-14-18(22)13-20(10-11-21)17-6-4-3-5-7-17/h3-9,12,18,21-22H,10-11,13-14H2,1-2H3. The SMILES string of the molecule is Cc1ccc(OCC(O)CN(CCO)c2ccccc2)cc1C. The largest absolute Gasteiger partial charge is 0.491 e. The van der Waals surface area contributed by atoms with E-state index >= 15 is 0 Å². The Bertz CT molecular complexity index is 601. The Kier molecular flexibility index (Phi) is 6.44. The molecule has 0 amide bonds. The minimum Gasteiger partial charge on any atom is -0.491 e. The molecule has 0 aliphatic heterocycles. The predicted molar refractivity (Wildman–Crippen MR) is 93.2 cm³/mol. The van der Waals surface area contributed by atoms with Gasteiger partial charge in [0.2, 0.25) is 0 Å². The average Bonchev–Trinajstić information content (AvgIpc) is 2.56. The molecule has 0 aromatic heterocycles. The predicted octanol–water partition coefficient (Wildman–Crippen LogP) is 2.54. The van der Waals surface area contributed by atoms with Crippen molar-refractivity contribution in [1.82, 2.24) is 0 Å². The van der Waals surface area contributed by atoms with Gasteiger partial charge in [-0.15, -0.1) is 0 Å². The van der Waals surface area contributed by atoms with Gasteiger partial charge in [0.1, 0.15) is 18.5 Å². The van der Waals surface area contributed by atoms with Crippen molar-refractivity contribution in [3.63, 3.8) is 0 Å². The van der Waals surface area contributed by atoms with Gasteiger partial charge in [0.25, 0.3) is 0 Å². The summed E-state index contributed by atoms with van der Waals surface area (Å²) in [5.74, 6) is 0.764. The molecule has 0 saturated heterocycles. The van der Waals surface area contributed by atoms with Gasteiger partial charge in [0, 0.05) is 18.8 Å². The van der Waals surface area contributed by atoms with Gasteiger partial charge in [-0.3, -0.25) is 0 Å². The van der Waals surface area contributed by atoms with Gasteiger partial charge < -0.3 is 19.8 Å². The van der Waals surface area contributed by atoms with Crippen LogP contribution in [0.15, 0.2) is 48.5 Å².